The molecule has 1 aliphatic heterocycles. The third-order valence-corrected chi connectivity index (χ3v) is 35.7. The minimum absolute atomic E-state index is 0.112. The topological polar surface area (TPSA) is 142 Å². The summed E-state index contributed by atoms with van der Waals surface area (Å²) in [6, 6.07) is 160. The second kappa shape index (κ2) is 35.4. The molecule has 0 saturated carbocycles. The van der Waals surface area contributed by atoms with Crippen LogP contribution in [0.5, 0.6) is 0 Å². The Kier molecular flexibility index (Phi) is 21.0. The van der Waals surface area contributed by atoms with Gasteiger partial charge >= 0.3 is 0 Å². The van der Waals surface area contributed by atoms with E-state index in [-0.39, 0.29) is 10.8 Å². The van der Waals surface area contributed by atoms with Crippen molar-refractivity contribution in [1.82, 2.24) is 44.9 Å². The second-order valence-electron chi connectivity index (χ2n) is 40.8. The highest BCUT2D eigenvalue weighted by atomic mass is 32.1. The zero-order valence-electron chi connectivity index (χ0n) is 83.1. The van der Waals surface area contributed by atoms with Gasteiger partial charge in [-0.25, -0.2) is 44.9 Å². The lowest BCUT2D eigenvalue weighted by Crippen LogP contribution is -2.49. The van der Waals surface area contributed by atoms with Crippen LogP contribution in [0.4, 0.5) is 0 Å². The van der Waals surface area contributed by atoms with E-state index < -0.39 is 8.07 Å². The maximum atomic E-state index is 6.37. The number of hydrogen-bond acceptors (Lipinski definition) is 12. The van der Waals surface area contributed by atoms with Gasteiger partial charge < -0.3 is 8.83 Å². The van der Waals surface area contributed by atoms with E-state index in [2.05, 4.69) is 441 Å². The molecule has 0 atom stereocenters. The first-order chi connectivity index (χ1) is 73.6. The molecule has 30 rings (SSSR count). The molecule has 0 spiro atoms. The normalized spacial score (nSPS) is 13.2. The molecule has 13 heteroatoms. The summed E-state index contributed by atoms with van der Waals surface area (Å²) in [4.78, 5) is 46.1. The van der Waals surface area contributed by atoms with Gasteiger partial charge in [-0.1, -0.05) is 459 Å². The van der Waals surface area contributed by atoms with Crippen LogP contribution in [0.2, 0.25) is 13.1 Å². The van der Waals surface area contributed by atoms with Gasteiger partial charge in [-0.3, -0.25) is 0 Å². The van der Waals surface area contributed by atoms with Gasteiger partial charge in [0, 0.05) is 103 Å². The highest BCUT2D eigenvalue weighted by molar-refractivity contribution is 7.26. The van der Waals surface area contributed by atoms with Crippen molar-refractivity contribution in [3.8, 4) is 169 Å². The van der Waals surface area contributed by atoms with E-state index in [1.54, 1.807) is 0 Å². The van der Waals surface area contributed by atoms with Crippen molar-refractivity contribution in [3.63, 3.8) is 0 Å². The number of rotatable bonds is 12. The second-order valence-corrected chi connectivity index (χ2v) is 46.2. The molecule has 0 saturated heterocycles. The minimum Gasteiger partial charge on any atom is -0.456 e. The van der Waals surface area contributed by atoms with Crippen molar-refractivity contribution in [2.45, 2.75) is 51.6 Å². The van der Waals surface area contributed by atoms with Crippen molar-refractivity contribution < 1.29 is 8.83 Å². The van der Waals surface area contributed by atoms with Crippen LogP contribution in [0.3, 0.4) is 0 Å². The Morgan fingerprint density at radius 3 is 0.893 bits per heavy atom. The van der Waals surface area contributed by atoms with Gasteiger partial charge in [-0.05, 0) is 168 Å². The largest absolute Gasteiger partial charge is 0.456 e. The Balaban J connectivity index is 0.000000108. The zero-order valence-corrected chi connectivity index (χ0v) is 84.9. The van der Waals surface area contributed by atoms with E-state index in [0.717, 1.165) is 116 Å². The Morgan fingerprint density at radius 1 is 0.187 bits per heavy atom. The fourth-order valence-corrected chi connectivity index (χ4v) is 28.0. The van der Waals surface area contributed by atoms with Gasteiger partial charge in [0.15, 0.2) is 52.4 Å². The molecule has 0 fully saturated rings. The summed E-state index contributed by atoms with van der Waals surface area (Å²) in [5.41, 5.74) is 31.7. The lowest BCUT2D eigenvalue weighted by Gasteiger charge is -2.21. The van der Waals surface area contributed by atoms with Gasteiger partial charge in [0.25, 0.3) is 0 Å². The number of hydrogen-bond donors (Lipinski definition) is 0. The molecule has 708 valence electrons. The van der Waals surface area contributed by atoms with E-state index in [4.69, 9.17) is 53.7 Å². The third kappa shape index (κ3) is 14.8. The molecule has 11 nitrogen and oxygen atoms in total. The summed E-state index contributed by atoms with van der Waals surface area (Å²) in [5, 5.41) is 17.4. The number of aromatic nitrogens is 9. The van der Waals surface area contributed by atoms with E-state index in [0.29, 0.717) is 52.4 Å². The van der Waals surface area contributed by atoms with Crippen molar-refractivity contribution in [2.75, 3.05) is 0 Å². The molecule has 7 heterocycles. The maximum absolute atomic E-state index is 6.37. The quantitative estimate of drug-likeness (QED) is 0.108. The van der Waals surface area contributed by atoms with Gasteiger partial charge in [-0.15, -0.1) is 11.3 Å². The molecule has 0 N–H and O–H groups in total. The predicted molar refractivity (Wildman–Crippen MR) is 622 cm³/mol. The first-order valence-electron chi connectivity index (χ1n) is 51.1. The molecule has 6 aromatic heterocycles. The average molecular weight is 1960 g/mol. The number of furan rings is 2. The minimum atomic E-state index is -1.86. The molecule has 0 radical (unpaired) electrons. The van der Waals surface area contributed by atoms with Crippen LogP contribution in [0.1, 0.15) is 49.9 Å². The molecule has 0 amide bonds. The molecule has 3 aliphatic rings. The van der Waals surface area contributed by atoms with Crippen LogP contribution in [-0.4, -0.2) is 52.9 Å². The van der Waals surface area contributed by atoms with Gasteiger partial charge in [0.2, 0.25) is 0 Å². The Bertz CT molecular complexity index is 9260. The van der Waals surface area contributed by atoms with Crippen LogP contribution in [0.25, 0.3) is 266 Å². The fourth-order valence-electron chi connectivity index (χ4n) is 23.7. The third-order valence-electron chi connectivity index (χ3n) is 31.1. The monoisotopic (exact) mass is 1960 g/mol. The number of thiophene rings is 1. The number of benzene rings is 21. The molecular formula is C137H93N9O2SSi. The van der Waals surface area contributed by atoms with Crippen LogP contribution < -0.4 is 10.4 Å². The van der Waals surface area contributed by atoms with E-state index in [1.807, 2.05) is 65.9 Å². The predicted octanol–water partition coefficient (Wildman–Crippen LogP) is 34.7. The summed E-state index contributed by atoms with van der Waals surface area (Å²) in [7, 11) is -1.86. The van der Waals surface area contributed by atoms with Crippen molar-refractivity contribution in [3.05, 3.63) is 477 Å². The van der Waals surface area contributed by atoms with Crippen molar-refractivity contribution >= 4 is 126 Å². The van der Waals surface area contributed by atoms with E-state index in [1.165, 1.54) is 130 Å². The summed E-state index contributed by atoms with van der Waals surface area (Å²) >= 11 is 1.86. The first kappa shape index (κ1) is 89.1. The van der Waals surface area contributed by atoms with E-state index in [9.17, 15) is 0 Å². The Hall–Kier alpha value is -18.5. The lowest BCUT2D eigenvalue weighted by atomic mass is 9.82. The smallest absolute Gasteiger partial charge is 0.164 e. The number of fused-ring (bicyclic) bond motifs is 24. The maximum Gasteiger partial charge on any atom is 0.164 e. The summed E-state index contributed by atoms with van der Waals surface area (Å²) in [5.74, 6) is 5.98. The molecule has 21 aromatic carbocycles. The van der Waals surface area contributed by atoms with E-state index >= 15 is 0 Å². The molecule has 27 aromatic rings. The van der Waals surface area contributed by atoms with Crippen LogP contribution in [0.15, 0.2) is 464 Å². The summed E-state index contributed by atoms with van der Waals surface area (Å²) < 4.78 is 15.3. The SMILES string of the molecule is CC1(C)c2ccccc2-c2c(-c3nc(-c4ccccc4)nc(-c4ccc(-c5cccc6oc7ccc8ccccc8c7c56)cc4)n3)cccc21.CC1(C)c2ccccc2-c2c(-c3nc(-c4ccccc4)nc(-c4ccc(-c5cccc6sc7ccc8ccccc8c7c56)cc4)n3)cccc21.C[Si]1(C)c2ccccc2-c2c(-c3nc(-c4ccccc4)nc(-c4ccc(-c5cccc6oc7ccc8ccccc8c7c56)cc4)n3)cccc21. The summed E-state index contributed by atoms with van der Waals surface area (Å²) in [6.45, 7) is 14.1. The Morgan fingerprint density at radius 2 is 0.467 bits per heavy atom. The average Bonchev–Trinajstić information content (AvgIpc) is 1.57. The van der Waals surface area contributed by atoms with Crippen LogP contribution in [-0.2, 0) is 10.8 Å². The van der Waals surface area contributed by atoms with Gasteiger partial charge in [0.05, 0.1) is 0 Å². The summed E-state index contributed by atoms with van der Waals surface area (Å²) in [6.07, 6.45) is 0. The lowest BCUT2D eigenvalue weighted by molar-refractivity contribution is 0.660. The highest BCUT2D eigenvalue weighted by Crippen LogP contribution is 2.56. The molecule has 150 heavy (non-hydrogen) atoms. The molecule has 0 bridgehead atoms. The van der Waals surface area contributed by atoms with Gasteiger partial charge in [0.1, 0.15) is 30.4 Å². The van der Waals surface area contributed by atoms with Crippen LogP contribution in [0, 0.1) is 0 Å². The van der Waals surface area contributed by atoms with Gasteiger partial charge in [-0.2, -0.15) is 0 Å². The highest BCUT2D eigenvalue weighted by Gasteiger charge is 2.42. The first-order valence-corrected chi connectivity index (χ1v) is 54.9. The zero-order chi connectivity index (χ0) is 100. The van der Waals surface area contributed by atoms with Crippen LogP contribution >= 0.6 is 11.3 Å². The van der Waals surface area contributed by atoms with Crippen molar-refractivity contribution in [1.29, 1.82) is 0 Å². The molecular weight excluding hydrogens is 1860 g/mol. The molecule has 2 aliphatic carbocycles. The molecule has 0 unspecified atom stereocenters. The standard InChI is InChI=1S/C46H31N3O.C46H31N3S.C45H31N3OSi/c2*1-46(2)36-19-9-8-16-34(36)40-35(18-10-20-37(40)46)45-48-43(30-13-4-3-5-14-30)47-44(49-45)31-24-22-29(23-25-31)33-17-11-21-38-41(33)42-32-15-7-6-12-28(32)26-27-39(42)50-38;1-50(2)38-20-9-8-16-34(38)40-35(18-11-21-39(40)50)45-47-43(30-13-4-3-5-14-30)46-44(48-45)31-24-22-29(23-25-31)33-17-10-19-36-41(33)42-32-15-7-6-12-28(32)26-27-37(42)49-36/h3*3-27H,1-2H3. The van der Waals surface area contributed by atoms with Crippen molar-refractivity contribution in [2.24, 2.45) is 0 Å². The Labute approximate surface area is 871 Å². The number of nitrogens with zero attached hydrogens (tertiary/aromatic N) is 9. The fraction of sp³-hybridized carbons (Fsp3) is 0.0584.